The van der Waals surface area contributed by atoms with Crippen molar-refractivity contribution in [2.45, 2.75) is 22.8 Å². The molecule has 0 nitrogen and oxygen atoms in total. The van der Waals surface area contributed by atoms with Crippen LogP contribution in [-0.4, -0.2) is 22.8 Å². The van der Waals surface area contributed by atoms with Gasteiger partial charge in [-0.1, -0.05) is 34.8 Å². The first-order valence-corrected chi connectivity index (χ1v) is 3.89. The number of rotatable bonds is 0. The summed E-state index contributed by atoms with van der Waals surface area (Å²) in [5.74, 6) is 0. The summed E-state index contributed by atoms with van der Waals surface area (Å²) in [5.41, 5.74) is -3.23. The lowest BCUT2D eigenvalue weighted by atomic mass is 10.7. The van der Waals surface area contributed by atoms with Gasteiger partial charge >= 0.3 is 12.4 Å². The van der Waals surface area contributed by atoms with Crippen LogP contribution in [0, 0.1) is 0 Å². The number of halogens is 10. The number of alkyl halides is 10. The second-order valence-corrected chi connectivity index (χ2v) is 3.16. The van der Waals surface area contributed by atoms with Crippen LogP contribution in [0.15, 0.2) is 0 Å². The highest BCUT2D eigenvalue weighted by atomic mass is 35.5. The highest BCUT2D eigenvalue weighted by Gasteiger charge is 2.38. The van der Waals surface area contributed by atoms with Gasteiger partial charge in [-0.15, -0.1) is 0 Å². The molecular weight excluding hydrogens is 287 g/mol. The molecule has 1 atom stereocenters. The lowest BCUT2D eigenvalue weighted by Crippen LogP contribution is -2.17. The Morgan fingerprint density at radius 2 is 0.857 bits per heavy atom. The molecule has 0 heterocycles. The highest BCUT2D eigenvalue weighted by molar-refractivity contribution is 6.44. The van der Waals surface area contributed by atoms with Crippen LogP contribution in [0.25, 0.3) is 0 Å². The fraction of sp³-hybridized carbons (Fsp3) is 1.00. The van der Waals surface area contributed by atoms with Crippen LogP contribution < -0.4 is 0 Å². The lowest BCUT2D eigenvalue weighted by Gasteiger charge is -2.03. The van der Waals surface area contributed by atoms with Gasteiger partial charge in [0.2, 0.25) is 4.84 Å². The summed E-state index contributed by atoms with van der Waals surface area (Å²) in [6.07, 6.45) is -9.37. The molecule has 0 aliphatic rings. The third kappa shape index (κ3) is 10.5. The molecule has 10 heteroatoms. The molecule has 14 heavy (non-hydrogen) atoms. The Balaban J connectivity index is 0. The highest BCUT2D eigenvalue weighted by Crippen LogP contribution is 2.27. The van der Waals surface area contributed by atoms with E-state index >= 15 is 0 Å². The predicted octanol–water partition coefficient (Wildman–Crippen LogP) is 4.44. The molecule has 0 fully saturated rings. The van der Waals surface area contributed by atoms with E-state index in [1.54, 1.807) is 0 Å². The maximum Gasteiger partial charge on any atom is 0.433 e. The fourth-order valence-electron chi connectivity index (χ4n) is 0. The molecule has 0 saturated heterocycles. The molecule has 88 valence electrons. The van der Waals surface area contributed by atoms with Crippen LogP contribution in [0.4, 0.5) is 30.7 Å². The quantitative estimate of drug-likeness (QED) is 0.457. The Bertz CT molecular complexity index is 130. The maximum atomic E-state index is 10.9. The van der Waals surface area contributed by atoms with Crippen molar-refractivity contribution < 1.29 is 30.7 Å². The SMILES string of the molecule is FC(Cl)C(F)(F)F.FC(F)(F)C(Cl)Cl. The standard InChI is InChI=1S/C2HCl2F3.C2HClF4/c2*3-1(4)2(5,6)7/h2*1H. The molecule has 0 spiro atoms. The number of hydrogen-bond donors (Lipinski definition) is 0. The fourth-order valence-corrected chi connectivity index (χ4v) is 0. The summed E-state index contributed by atoms with van der Waals surface area (Å²) < 4.78 is 75.6. The largest absolute Gasteiger partial charge is 0.433 e. The number of hydrogen-bond acceptors (Lipinski definition) is 0. The van der Waals surface area contributed by atoms with Crippen LogP contribution in [0.3, 0.4) is 0 Å². The van der Waals surface area contributed by atoms with Gasteiger partial charge in [0.05, 0.1) is 0 Å². The summed E-state index contributed by atoms with van der Waals surface area (Å²) in [6.45, 7) is 0. The van der Waals surface area contributed by atoms with E-state index in [1.165, 1.54) is 0 Å². The maximum absolute atomic E-state index is 10.9. The molecule has 0 aromatic heterocycles. The lowest BCUT2D eigenvalue weighted by molar-refractivity contribution is -0.156. The van der Waals surface area contributed by atoms with Gasteiger partial charge < -0.3 is 0 Å². The van der Waals surface area contributed by atoms with E-state index in [4.69, 9.17) is 0 Å². The molecule has 0 aromatic rings. The summed E-state index contributed by atoms with van der Waals surface area (Å²) in [4.78, 5) is -2.26. The van der Waals surface area contributed by atoms with Crippen molar-refractivity contribution in [2.24, 2.45) is 0 Å². The van der Waals surface area contributed by atoms with Crippen molar-refractivity contribution >= 4 is 34.8 Å². The summed E-state index contributed by atoms with van der Waals surface area (Å²) >= 11 is 12.8. The smallest absolute Gasteiger partial charge is 0.220 e. The van der Waals surface area contributed by atoms with Crippen LogP contribution in [0.5, 0.6) is 0 Å². The Morgan fingerprint density at radius 3 is 0.857 bits per heavy atom. The van der Waals surface area contributed by atoms with Gasteiger partial charge in [-0.3, -0.25) is 0 Å². The average Bonchev–Trinajstić information content (AvgIpc) is 1.83. The monoisotopic (exact) mass is 288 g/mol. The first-order valence-electron chi connectivity index (χ1n) is 2.58. The van der Waals surface area contributed by atoms with Gasteiger partial charge in [0.15, 0.2) is 0 Å². The van der Waals surface area contributed by atoms with E-state index in [9.17, 15) is 30.7 Å². The molecular formula is C4H2Cl3F7. The van der Waals surface area contributed by atoms with E-state index in [2.05, 4.69) is 34.8 Å². The van der Waals surface area contributed by atoms with Gasteiger partial charge in [0, 0.05) is 0 Å². The van der Waals surface area contributed by atoms with Crippen molar-refractivity contribution in [3.63, 3.8) is 0 Å². The van der Waals surface area contributed by atoms with Crippen molar-refractivity contribution in [1.82, 2.24) is 0 Å². The van der Waals surface area contributed by atoms with E-state index in [1.807, 2.05) is 0 Å². The first-order chi connectivity index (χ1) is 5.89. The average molecular weight is 289 g/mol. The van der Waals surface area contributed by atoms with Crippen LogP contribution in [0.1, 0.15) is 0 Å². The van der Waals surface area contributed by atoms with Crippen molar-refractivity contribution in [2.75, 3.05) is 0 Å². The molecule has 0 aromatic carbocycles. The second kappa shape index (κ2) is 6.07. The topological polar surface area (TPSA) is 0 Å². The molecule has 0 amide bonds. The predicted molar refractivity (Wildman–Crippen MR) is 38.4 cm³/mol. The van der Waals surface area contributed by atoms with Gasteiger partial charge in [-0.2, -0.15) is 26.3 Å². The summed E-state index contributed by atoms with van der Waals surface area (Å²) in [5, 5.41) is 0. The molecule has 0 rings (SSSR count). The molecule has 1 unspecified atom stereocenters. The Kier molecular flexibility index (Phi) is 7.28. The minimum Gasteiger partial charge on any atom is -0.220 e. The third-order valence-corrected chi connectivity index (χ3v) is 1.24. The van der Waals surface area contributed by atoms with Crippen LogP contribution in [0.2, 0.25) is 0 Å². The molecule has 0 N–H and O–H groups in total. The zero-order chi connectivity index (χ0) is 12.2. The second-order valence-electron chi connectivity index (χ2n) is 1.68. The van der Waals surface area contributed by atoms with Crippen molar-refractivity contribution in [3.8, 4) is 0 Å². The van der Waals surface area contributed by atoms with Gasteiger partial charge in [-0.25, -0.2) is 4.39 Å². The van der Waals surface area contributed by atoms with Crippen LogP contribution in [-0.2, 0) is 0 Å². The van der Waals surface area contributed by atoms with Crippen molar-refractivity contribution in [1.29, 1.82) is 0 Å². The molecule has 0 saturated carbocycles. The third-order valence-electron chi connectivity index (χ3n) is 0.495. The van der Waals surface area contributed by atoms with Crippen LogP contribution >= 0.6 is 34.8 Å². The van der Waals surface area contributed by atoms with E-state index in [0.717, 1.165) is 0 Å². The van der Waals surface area contributed by atoms with E-state index < -0.39 is 22.8 Å². The molecule has 0 aliphatic heterocycles. The Labute approximate surface area is 88.9 Å². The Hall–Kier alpha value is 0.380. The summed E-state index contributed by atoms with van der Waals surface area (Å²) in [7, 11) is 0. The summed E-state index contributed by atoms with van der Waals surface area (Å²) in [6, 6.07) is 0. The molecule has 0 radical (unpaired) electrons. The normalized spacial score (nSPS) is 14.8. The first kappa shape index (κ1) is 16.8. The minimum absolute atomic E-state index is 2.26. The van der Waals surface area contributed by atoms with Gasteiger partial charge in [0.1, 0.15) is 0 Å². The van der Waals surface area contributed by atoms with Crippen molar-refractivity contribution in [3.05, 3.63) is 0 Å². The van der Waals surface area contributed by atoms with E-state index in [-0.39, 0.29) is 0 Å². The van der Waals surface area contributed by atoms with Gasteiger partial charge in [0.25, 0.3) is 5.63 Å². The minimum atomic E-state index is -4.90. The van der Waals surface area contributed by atoms with Gasteiger partial charge in [-0.05, 0) is 0 Å². The Morgan fingerprint density at radius 1 is 0.714 bits per heavy atom. The zero-order valence-electron chi connectivity index (χ0n) is 5.93. The van der Waals surface area contributed by atoms with E-state index in [0.29, 0.717) is 0 Å². The molecule has 0 bridgehead atoms. The zero-order valence-corrected chi connectivity index (χ0v) is 8.20. The molecule has 0 aliphatic carbocycles.